The van der Waals surface area contributed by atoms with Crippen LogP contribution in [0.2, 0.25) is 0 Å². The number of ether oxygens (including phenoxy) is 4. The smallest absolute Gasteiger partial charge is 0.336 e. The first-order chi connectivity index (χ1) is 35.9. The summed E-state index contributed by atoms with van der Waals surface area (Å²) in [7, 11) is 0. The number of H-pyrrole nitrogens is 1. The number of aliphatic hydroxyl groups is 6. The molecule has 2 bridgehead atoms. The van der Waals surface area contributed by atoms with Crippen molar-refractivity contribution in [3.63, 3.8) is 0 Å². The van der Waals surface area contributed by atoms with Gasteiger partial charge in [0.25, 0.3) is 0 Å². The van der Waals surface area contributed by atoms with Gasteiger partial charge in [0, 0.05) is 65.6 Å². The van der Waals surface area contributed by atoms with E-state index in [4.69, 9.17) is 34.8 Å². The second kappa shape index (κ2) is 18.6. The van der Waals surface area contributed by atoms with Crippen LogP contribution in [0.5, 0.6) is 28.7 Å². The number of aliphatic carboxylic acids is 1. The number of carboxylic acid groups (broad SMARTS) is 1. The maximum Gasteiger partial charge on any atom is 0.336 e. The van der Waals surface area contributed by atoms with Crippen molar-refractivity contribution in [2.75, 3.05) is 32.1 Å². The number of fused-ring (bicyclic) bond motifs is 7. The minimum absolute atomic E-state index is 0.0120. The number of carboxylic acids is 1. The van der Waals surface area contributed by atoms with Gasteiger partial charge in [0.2, 0.25) is 18.3 Å². The van der Waals surface area contributed by atoms with Gasteiger partial charge >= 0.3 is 5.97 Å². The fourth-order valence-corrected chi connectivity index (χ4v) is 12.9. The second-order valence-corrected chi connectivity index (χ2v) is 20.2. The molecule has 2 saturated heterocycles. The molecular weight excluding hydrogens is 977 g/mol. The third kappa shape index (κ3) is 7.81. The Labute approximate surface area is 427 Å². The Kier molecular flexibility index (Phi) is 12.4. The van der Waals surface area contributed by atoms with Crippen molar-refractivity contribution in [3.05, 3.63) is 129 Å². The number of hydrogen-bond acceptors (Lipinski definition) is 20. The number of phenolic OH excluding ortho intramolecular Hbond substituents is 2. The molecule has 4 fully saturated rings. The predicted octanol–water partition coefficient (Wildman–Crippen LogP) is 1.69. The molecule has 12 unspecified atom stereocenters. The summed E-state index contributed by atoms with van der Waals surface area (Å²) in [5.41, 5.74) is 4.94. The quantitative estimate of drug-likeness (QED) is 0.0556. The minimum atomic E-state index is -2.77. The van der Waals surface area contributed by atoms with E-state index in [-0.39, 0.29) is 47.3 Å². The van der Waals surface area contributed by atoms with Crippen LogP contribution in [0.1, 0.15) is 55.8 Å². The van der Waals surface area contributed by atoms with Crippen LogP contribution < -0.4 is 47.1 Å². The van der Waals surface area contributed by atoms with Gasteiger partial charge in [-0.05, 0) is 103 Å². The highest BCUT2D eigenvalue weighted by Gasteiger charge is 2.80. The first kappa shape index (κ1) is 50.1. The molecule has 22 nitrogen and oxygen atoms in total. The summed E-state index contributed by atoms with van der Waals surface area (Å²) in [5.74, 6) is -3.35. The number of aliphatic hydroxyl groups excluding tert-OH is 4. The summed E-state index contributed by atoms with van der Waals surface area (Å²) in [6, 6.07) is 16.0. The normalized spacial score (nSPS) is 31.2. The van der Waals surface area contributed by atoms with Gasteiger partial charge in [-0.1, -0.05) is 24.6 Å². The Morgan fingerprint density at radius 3 is 2.47 bits per heavy atom. The molecular formula is C53H58N6O16. The van der Waals surface area contributed by atoms with E-state index in [0.717, 1.165) is 30.5 Å². The number of nitrogens with one attached hydrogen (secondary N) is 4. The molecule has 75 heavy (non-hydrogen) atoms. The molecule has 22 heteroatoms. The van der Waals surface area contributed by atoms with Crippen LogP contribution in [0.15, 0.2) is 117 Å². The lowest BCUT2D eigenvalue weighted by Gasteiger charge is -2.68. The molecule has 2 aromatic heterocycles. The number of aromatic amines is 1. The molecule has 12 atom stereocenters. The van der Waals surface area contributed by atoms with Crippen molar-refractivity contribution in [1.29, 1.82) is 0 Å². The number of carbonyl (C=O) groups is 1. The molecule has 0 amide bonds. The van der Waals surface area contributed by atoms with Gasteiger partial charge in [0.05, 0.1) is 12.4 Å². The summed E-state index contributed by atoms with van der Waals surface area (Å²) in [4.78, 5) is 30.7. The molecule has 396 valence electrons. The Morgan fingerprint density at radius 2 is 1.77 bits per heavy atom. The lowest BCUT2D eigenvalue weighted by atomic mass is 9.41. The number of aromatic nitrogens is 1. The highest BCUT2D eigenvalue weighted by atomic mass is 16.7. The Bertz CT molecular complexity index is 3210. The van der Waals surface area contributed by atoms with Gasteiger partial charge in [-0.2, -0.15) is 0 Å². The molecule has 6 aliphatic rings. The molecule has 3 aliphatic heterocycles. The topological polar surface area (TPSA) is 370 Å². The van der Waals surface area contributed by atoms with Crippen LogP contribution in [0, 0.1) is 16.7 Å². The van der Waals surface area contributed by atoms with E-state index in [0.29, 0.717) is 54.5 Å². The lowest BCUT2D eigenvalue weighted by Crippen LogP contribution is -2.84. The molecule has 3 aliphatic carbocycles. The van der Waals surface area contributed by atoms with Crippen molar-refractivity contribution in [3.8, 4) is 40.1 Å². The maximum atomic E-state index is 14.1. The minimum Gasteiger partial charge on any atom is -0.508 e. The number of rotatable bonds is 14. The third-order valence-electron chi connectivity index (χ3n) is 16.3. The van der Waals surface area contributed by atoms with Gasteiger partial charge in [-0.15, -0.1) is 0 Å². The number of nitrogens with two attached hydrogens (primary N) is 2. The average Bonchev–Trinajstić information content (AvgIpc) is 4.22. The SMILES string of the molecule is NC1=CC(C23CCCC2CCC2(C4CNCN4)C3=CC3(O)C(Oc4cc5oc(-c6ccc(OC(CO)C(O)c7ccc(N)[nH]7)cc6)cc(=O)c5c(O)c4OC(O)c4cccc(O)c4)OC(C(=O)O)C2(O)C3O)=CCN1. The summed E-state index contributed by atoms with van der Waals surface area (Å²) < 4.78 is 30.8. The number of benzene rings is 3. The van der Waals surface area contributed by atoms with Gasteiger partial charge in [-0.3, -0.25) is 10.1 Å². The number of hydrogen-bond donors (Lipinski definition) is 15. The van der Waals surface area contributed by atoms with Crippen molar-refractivity contribution < 1.29 is 74.1 Å². The van der Waals surface area contributed by atoms with Crippen LogP contribution in [-0.4, -0.2) is 125 Å². The standard InChI is InChI=1S/C53H58N6O16/c54-39-11-10-31(59-39)42(63)36(23-60)71-30-8-6-25(7-9-30)33-19-32(62)41-34(72-33)20-35(44(43(41)64)74-47(67)26-3-1-5-29(61)17-26)73-49-52(69)21-37-50(28-13-16-57-40(55)18-28)14-2-4-27(50)12-15-51(37,38-22-56-24-58-38)53(70,48(52)68)45(75-49)46(65)66/h1,3,5-11,13,17-21,27,36,38,42,45,47-49,56-61,63-64,67-70H,2,4,12,14-16,22-24,54-55H2,(H,65,66). The highest BCUT2D eigenvalue weighted by molar-refractivity contribution is 5.89. The van der Waals surface area contributed by atoms with Crippen LogP contribution in [-0.2, 0) is 9.53 Å². The number of phenols is 2. The maximum absolute atomic E-state index is 14.1. The van der Waals surface area contributed by atoms with Crippen molar-refractivity contribution in [1.82, 2.24) is 20.9 Å². The predicted molar refractivity (Wildman–Crippen MR) is 265 cm³/mol. The number of dihydropyridines is 1. The summed E-state index contributed by atoms with van der Waals surface area (Å²) in [6.07, 6.45) is -3.16. The molecule has 5 heterocycles. The number of allylic oxidation sites excluding steroid dienone is 2. The highest BCUT2D eigenvalue weighted by Crippen LogP contribution is 2.72. The first-order valence-corrected chi connectivity index (χ1v) is 24.7. The third-order valence-corrected chi connectivity index (χ3v) is 16.3. The summed E-state index contributed by atoms with van der Waals surface area (Å²) in [5, 5.41) is 115. The Morgan fingerprint density at radius 1 is 0.973 bits per heavy atom. The average molecular weight is 1040 g/mol. The zero-order valence-electron chi connectivity index (χ0n) is 40.2. The Balaban J connectivity index is 1.04. The van der Waals surface area contributed by atoms with Gasteiger partial charge < -0.3 is 96.4 Å². The zero-order chi connectivity index (χ0) is 52.8. The van der Waals surface area contributed by atoms with E-state index in [9.17, 15) is 55.5 Å². The molecule has 11 rings (SSSR count). The van der Waals surface area contributed by atoms with E-state index in [1.165, 1.54) is 54.6 Å². The van der Waals surface area contributed by atoms with E-state index in [1.807, 2.05) is 12.2 Å². The molecule has 0 radical (unpaired) electrons. The number of nitrogen functional groups attached to an aromatic ring is 1. The van der Waals surface area contributed by atoms with E-state index >= 15 is 0 Å². The molecule has 3 aromatic carbocycles. The Hall–Kier alpha value is -7.12. The monoisotopic (exact) mass is 1030 g/mol. The lowest BCUT2D eigenvalue weighted by molar-refractivity contribution is -0.362. The van der Waals surface area contributed by atoms with Crippen molar-refractivity contribution in [2.24, 2.45) is 22.5 Å². The number of anilines is 1. The second-order valence-electron chi connectivity index (χ2n) is 20.2. The van der Waals surface area contributed by atoms with Crippen molar-refractivity contribution >= 4 is 22.8 Å². The van der Waals surface area contributed by atoms with Crippen LogP contribution >= 0.6 is 0 Å². The molecule has 0 spiro atoms. The fraction of sp³-hybridized carbons (Fsp3) is 0.396. The van der Waals surface area contributed by atoms with E-state index < -0.39 is 106 Å². The molecule has 5 aromatic rings. The van der Waals surface area contributed by atoms with E-state index in [1.54, 1.807) is 12.1 Å². The van der Waals surface area contributed by atoms with Crippen LogP contribution in [0.3, 0.4) is 0 Å². The van der Waals surface area contributed by atoms with Crippen LogP contribution in [0.4, 0.5) is 5.82 Å². The van der Waals surface area contributed by atoms with Crippen molar-refractivity contribution in [2.45, 2.75) is 86.3 Å². The van der Waals surface area contributed by atoms with Gasteiger partial charge in [0.1, 0.15) is 51.9 Å². The summed E-state index contributed by atoms with van der Waals surface area (Å²) >= 11 is 0. The number of aromatic hydroxyl groups is 2. The van der Waals surface area contributed by atoms with Crippen LogP contribution in [0.25, 0.3) is 22.3 Å². The van der Waals surface area contributed by atoms with Gasteiger partial charge in [-0.25, -0.2) is 4.79 Å². The largest absolute Gasteiger partial charge is 0.508 e. The van der Waals surface area contributed by atoms with E-state index in [2.05, 4.69) is 20.9 Å². The molecule has 17 N–H and O–H groups in total. The summed E-state index contributed by atoms with van der Waals surface area (Å²) in [6.45, 7) is 0.378. The fourth-order valence-electron chi connectivity index (χ4n) is 12.9. The first-order valence-electron chi connectivity index (χ1n) is 24.7. The van der Waals surface area contributed by atoms with Gasteiger partial charge in [0.15, 0.2) is 34.7 Å². The molecule has 2 saturated carbocycles. The zero-order valence-corrected chi connectivity index (χ0v) is 40.2.